The largest absolute Gasteiger partial charge is 0.368 e. The van der Waals surface area contributed by atoms with Crippen molar-refractivity contribution in [2.45, 2.75) is 36.7 Å². The lowest BCUT2D eigenvalue weighted by Gasteiger charge is -2.40. The van der Waals surface area contributed by atoms with Crippen LogP contribution in [0.3, 0.4) is 0 Å². The van der Waals surface area contributed by atoms with Crippen LogP contribution in [0, 0.1) is 5.92 Å². The number of carbonyl (C=O) groups excluding carboxylic acids is 2. The zero-order valence-electron chi connectivity index (χ0n) is 15.1. The molecule has 3 heterocycles. The van der Waals surface area contributed by atoms with Crippen LogP contribution in [0.25, 0.3) is 0 Å². The lowest BCUT2D eigenvalue weighted by Crippen LogP contribution is -2.55. The van der Waals surface area contributed by atoms with Crippen molar-refractivity contribution in [2.24, 2.45) is 5.92 Å². The van der Waals surface area contributed by atoms with E-state index in [1.165, 1.54) is 0 Å². The fourth-order valence-electron chi connectivity index (χ4n) is 4.10. The second-order valence-corrected chi connectivity index (χ2v) is 9.08. The summed E-state index contributed by atoms with van der Waals surface area (Å²) in [6, 6.07) is 6.82. The van der Waals surface area contributed by atoms with Crippen LogP contribution in [0.4, 0.5) is 5.69 Å². The van der Waals surface area contributed by atoms with Gasteiger partial charge in [0.25, 0.3) is 0 Å². The summed E-state index contributed by atoms with van der Waals surface area (Å²) in [6.45, 7) is 1.89. The minimum absolute atomic E-state index is 0.0277. The van der Waals surface area contributed by atoms with Crippen molar-refractivity contribution < 1.29 is 18.0 Å². The third-order valence-corrected chi connectivity index (χ3v) is 7.05. The van der Waals surface area contributed by atoms with Crippen LogP contribution in [-0.4, -0.2) is 62.4 Å². The summed E-state index contributed by atoms with van der Waals surface area (Å²) in [5.41, 5.74) is 0.590. The van der Waals surface area contributed by atoms with Gasteiger partial charge in [-0.1, -0.05) is 12.1 Å². The van der Waals surface area contributed by atoms with Crippen LogP contribution in [0.1, 0.15) is 25.7 Å². The molecule has 27 heavy (non-hydrogen) atoms. The highest BCUT2D eigenvalue weighted by Crippen LogP contribution is 2.30. The summed E-state index contributed by atoms with van der Waals surface area (Å²) in [4.78, 5) is 28.0. The Morgan fingerprint density at radius 1 is 1.19 bits per heavy atom. The number of rotatable bonds is 3. The summed E-state index contributed by atoms with van der Waals surface area (Å²) in [5, 5.41) is 3.27. The molecule has 0 radical (unpaired) electrons. The lowest BCUT2D eigenvalue weighted by atomic mass is 9.94. The van der Waals surface area contributed by atoms with E-state index in [9.17, 15) is 18.0 Å². The van der Waals surface area contributed by atoms with Gasteiger partial charge < -0.3 is 15.1 Å². The second kappa shape index (κ2) is 7.12. The van der Waals surface area contributed by atoms with E-state index in [0.717, 1.165) is 19.3 Å². The first kappa shape index (κ1) is 18.2. The van der Waals surface area contributed by atoms with Crippen molar-refractivity contribution in [1.29, 1.82) is 0 Å². The average Bonchev–Trinajstić information content (AvgIpc) is 3.06. The first-order chi connectivity index (χ1) is 12.9. The summed E-state index contributed by atoms with van der Waals surface area (Å²) >= 11 is 0. The number of para-hydroxylation sites is 1. The van der Waals surface area contributed by atoms with E-state index >= 15 is 0 Å². The molecular weight excluding hydrogens is 368 g/mol. The van der Waals surface area contributed by atoms with Gasteiger partial charge >= 0.3 is 0 Å². The molecule has 3 aliphatic rings. The zero-order chi connectivity index (χ0) is 19.0. The van der Waals surface area contributed by atoms with E-state index < -0.39 is 16.2 Å². The number of amides is 2. The van der Waals surface area contributed by atoms with Crippen LogP contribution in [0.15, 0.2) is 29.2 Å². The Labute approximate surface area is 158 Å². The Hall–Kier alpha value is -2.13. The molecule has 1 aromatic carbocycles. The molecule has 1 aromatic rings. The Bertz CT molecular complexity index is 857. The fourth-order valence-corrected chi connectivity index (χ4v) is 5.49. The number of anilines is 1. The average molecular weight is 392 g/mol. The fraction of sp³-hybridized carbons (Fsp3) is 0.556. The maximum atomic E-state index is 12.6. The summed E-state index contributed by atoms with van der Waals surface area (Å²) in [6.07, 6.45) is 2.51. The zero-order valence-corrected chi connectivity index (χ0v) is 15.9. The number of nitrogens with zero attached hydrogens (tertiary/aromatic N) is 2. The van der Waals surface area contributed by atoms with Crippen LogP contribution in [0.2, 0.25) is 0 Å². The quantitative estimate of drug-likeness (QED) is 0.784. The van der Waals surface area contributed by atoms with Gasteiger partial charge in [0.2, 0.25) is 21.8 Å². The van der Waals surface area contributed by atoms with Gasteiger partial charge in [0.1, 0.15) is 4.90 Å². The Balaban J connectivity index is 1.44. The molecule has 0 saturated carbocycles. The van der Waals surface area contributed by atoms with E-state index in [1.807, 2.05) is 0 Å². The lowest BCUT2D eigenvalue weighted by molar-refractivity contribution is -0.139. The summed E-state index contributed by atoms with van der Waals surface area (Å²) in [7, 11) is -3.57. The van der Waals surface area contributed by atoms with Gasteiger partial charge in [-0.3, -0.25) is 9.59 Å². The molecule has 0 aliphatic carbocycles. The molecule has 2 atom stereocenters. The molecule has 3 aliphatic heterocycles. The van der Waals surface area contributed by atoms with Crippen molar-refractivity contribution in [1.82, 2.24) is 14.5 Å². The number of likely N-dealkylation sites (tertiary alicyclic amines) is 2. The van der Waals surface area contributed by atoms with Crippen molar-refractivity contribution in [3.05, 3.63) is 24.3 Å². The molecule has 0 aromatic heterocycles. The Morgan fingerprint density at radius 3 is 2.78 bits per heavy atom. The second-order valence-electron chi connectivity index (χ2n) is 7.40. The van der Waals surface area contributed by atoms with Crippen LogP contribution in [-0.2, 0) is 19.6 Å². The SMILES string of the molecule is O=C1CCCN1CC(=O)N1CCC[C@H]([C@H]2Nc3ccccc3S(=O)(=O)N2)C1. The predicted molar refractivity (Wildman–Crippen MR) is 99.3 cm³/mol. The summed E-state index contributed by atoms with van der Waals surface area (Å²) in [5.74, 6) is -0.0515. The smallest absolute Gasteiger partial charge is 0.244 e. The molecule has 0 unspecified atom stereocenters. The van der Waals surface area contributed by atoms with Gasteiger partial charge in [-0.2, -0.15) is 4.72 Å². The first-order valence-corrected chi connectivity index (χ1v) is 10.9. The number of fused-ring (bicyclic) bond motifs is 1. The van der Waals surface area contributed by atoms with Gasteiger partial charge in [-0.05, 0) is 31.4 Å². The molecule has 9 heteroatoms. The minimum Gasteiger partial charge on any atom is -0.368 e. The van der Waals surface area contributed by atoms with E-state index in [0.29, 0.717) is 31.7 Å². The van der Waals surface area contributed by atoms with Crippen LogP contribution >= 0.6 is 0 Å². The number of piperidine rings is 1. The minimum atomic E-state index is -3.57. The molecule has 4 rings (SSSR count). The molecule has 0 spiro atoms. The topological polar surface area (TPSA) is 98.8 Å². The normalized spacial score (nSPS) is 27.2. The first-order valence-electron chi connectivity index (χ1n) is 9.37. The van der Waals surface area contributed by atoms with Crippen LogP contribution < -0.4 is 10.0 Å². The number of nitrogens with one attached hydrogen (secondary N) is 2. The predicted octanol–water partition coefficient (Wildman–Crippen LogP) is 0.578. The summed E-state index contributed by atoms with van der Waals surface area (Å²) < 4.78 is 27.8. The maximum Gasteiger partial charge on any atom is 0.244 e. The number of benzene rings is 1. The van der Waals surface area contributed by atoms with Crippen molar-refractivity contribution in [3.63, 3.8) is 0 Å². The molecule has 0 bridgehead atoms. The van der Waals surface area contributed by atoms with E-state index in [4.69, 9.17) is 0 Å². The third kappa shape index (κ3) is 3.66. The monoisotopic (exact) mass is 392 g/mol. The molecule has 2 saturated heterocycles. The number of sulfonamides is 1. The van der Waals surface area contributed by atoms with Gasteiger partial charge in [0.15, 0.2) is 0 Å². The molecule has 146 valence electrons. The highest BCUT2D eigenvalue weighted by molar-refractivity contribution is 7.89. The van der Waals surface area contributed by atoms with Gasteiger partial charge in [0.05, 0.1) is 18.4 Å². The Morgan fingerprint density at radius 2 is 2.00 bits per heavy atom. The molecular formula is C18H24N4O4S. The molecule has 8 nitrogen and oxygen atoms in total. The van der Waals surface area contributed by atoms with E-state index in [1.54, 1.807) is 34.1 Å². The maximum absolute atomic E-state index is 12.6. The van der Waals surface area contributed by atoms with Gasteiger partial charge in [-0.25, -0.2) is 8.42 Å². The third-order valence-electron chi connectivity index (χ3n) is 5.55. The molecule has 2 amide bonds. The van der Waals surface area contributed by atoms with E-state index in [2.05, 4.69) is 10.0 Å². The highest BCUT2D eigenvalue weighted by atomic mass is 32.2. The van der Waals surface area contributed by atoms with Crippen molar-refractivity contribution >= 4 is 27.5 Å². The van der Waals surface area contributed by atoms with Crippen LogP contribution in [0.5, 0.6) is 0 Å². The Kier molecular flexibility index (Phi) is 4.81. The number of carbonyl (C=O) groups is 2. The van der Waals surface area contributed by atoms with Gasteiger partial charge in [-0.15, -0.1) is 0 Å². The van der Waals surface area contributed by atoms with Crippen molar-refractivity contribution in [2.75, 3.05) is 31.5 Å². The van der Waals surface area contributed by atoms with E-state index in [-0.39, 0.29) is 29.2 Å². The van der Waals surface area contributed by atoms with Crippen molar-refractivity contribution in [3.8, 4) is 0 Å². The molecule has 2 N–H and O–H groups in total. The molecule has 2 fully saturated rings. The number of hydrogen-bond acceptors (Lipinski definition) is 5. The standard InChI is InChI=1S/C18H24N4O4S/c23-16-8-4-10-22(16)12-17(24)21-9-3-5-13(11-21)18-19-14-6-1-2-7-15(14)27(25,26)20-18/h1-2,6-7,13,18-20H,3-5,8-12H2/t13-,18-/m0/s1. The van der Waals surface area contributed by atoms with Gasteiger partial charge in [0, 0.05) is 32.0 Å². The number of hydrogen-bond donors (Lipinski definition) is 2. The highest BCUT2D eigenvalue weighted by Gasteiger charge is 2.37.